The van der Waals surface area contributed by atoms with Crippen molar-refractivity contribution in [1.82, 2.24) is 14.8 Å². The molecule has 1 aromatic heterocycles. The standard InChI is InChI=1S/C16H18F3N3O2S/c1-25(23,24)13-9-7-12(8-10-13)22-14(11-5-3-2-4-6-11)20-15(21-22)16(17,18)19/h7-11H,2-6H2,1H3. The quantitative estimate of drug-likeness (QED) is 0.822. The third-order valence-corrected chi connectivity index (χ3v) is 5.49. The minimum atomic E-state index is -4.62. The lowest BCUT2D eigenvalue weighted by molar-refractivity contribution is -0.144. The summed E-state index contributed by atoms with van der Waals surface area (Å²) in [7, 11) is -3.38. The van der Waals surface area contributed by atoms with E-state index in [4.69, 9.17) is 0 Å². The molecular weight excluding hydrogens is 355 g/mol. The molecule has 0 aliphatic heterocycles. The number of benzene rings is 1. The highest BCUT2D eigenvalue weighted by Crippen LogP contribution is 2.35. The van der Waals surface area contributed by atoms with Gasteiger partial charge in [0.2, 0.25) is 0 Å². The first-order chi connectivity index (χ1) is 11.7. The van der Waals surface area contributed by atoms with Crippen molar-refractivity contribution in [3.63, 3.8) is 0 Å². The lowest BCUT2D eigenvalue weighted by Gasteiger charge is -2.21. The second-order valence-corrected chi connectivity index (χ2v) is 8.32. The Morgan fingerprint density at radius 2 is 1.68 bits per heavy atom. The fourth-order valence-electron chi connectivity index (χ4n) is 3.09. The van der Waals surface area contributed by atoms with Crippen molar-refractivity contribution in [3.8, 4) is 5.69 Å². The number of sulfone groups is 1. The lowest BCUT2D eigenvalue weighted by atomic mass is 9.88. The lowest BCUT2D eigenvalue weighted by Crippen LogP contribution is -2.12. The predicted octanol–water partition coefficient (Wildman–Crippen LogP) is 3.74. The third kappa shape index (κ3) is 3.86. The van der Waals surface area contributed by atoms with Crippen molar-refractivity contribution in [2.24, 2.45) is 0 Å². The average Bonchev–Trinajstić information content (AvgIpc) is 3.00. The molecule has 9 heteroatoms. The van der Waals surface area contributed by atoms with Gasteiger partial charge in [-0.3, -0.25) is 0 Å². The Morgan fingerprint density at radius 1 is 1.08 bits per heavy atom. The van der Waals surface area contributed by atoms with Crippen molar-refractivity contribution in [1.29, 1.82) is 0 Å². The maximum atomic E-state index is 13.1. The Balaban J connectivity index is 2.05. The van der Waals surface area contributed by atoms with Gasteiger partial charge in [0.05, 0.1) is 10.6 Å². The largest absolute Gasteiger partial charge is 0.453 e. The van der Waals surface area contributed by atoms with Crippen LogP contribution < -0.4 is 0 Å². The van der Waals surface area contributed by atoms with E-state index >= 15 is 0 Å². The van der Waals surface area contributed by atoms with E-state index < -0.39 is 21.8 Å². The first-order valence-electron chi connectivity index (χ1n) is 8.01. The van der Waals surface area contributed by atoms with E-state index in [0.717, 1.165) is 38.4 Å². The molecule has 0 atom stereocenters. The van der Waals surface area contributed by atoms with E-state index in [-0.39, 0.29) is 10.8 Å². The molecule has 1 fully saturated rings. The molecule has 0 bridgehead atoms. The molecule has 5 nitrogen and oxygen atoms in total. The molecule has 3 rings (SSSR count). The molecule has 1 aliphatic carbocycles. The number of nitrogens with zero attached hydrogens (tertiary/aromatic N) is 3. The number of hydrogen-bond acceptors (Lipinski definition) is 4. The number of aromatic nitrogens is 3. The first-order valence-corrected chi connectivity index (χ1v) is 9.90. The van der Waals surface area contributed by atoms with Crippen molar-refractivity contribution < 1.29 is 21.6 Å². The molecule has 1 saturated carbocycles. The fraction of sp³-hybridized carbons (Fsp3) is 0.500. The molecule has 25 heavy (non-hydrogen) atoms. The van der Waals surface area contributed by atoms with Crippen LogP contribution in [0.5, 0.6) is 0 Å². The predicted molar refractivity (Wildman–Crippen MR) is 85.3 cm³/mol. The van der Waals surface area contributed by atoms with Gasteiger partial charge >= 0.3 is 6.18 Å². The van der Waals surface area contributed by atoms with Crippen LogP contribution in [0.3, 0.4) is 0 Å². The number of rotatable bonds is 3. The van der Waals surface area contributed by atoms with E-state index in [0.29, 0.717) is 11.5 Å². The van der Waals surface area contributed by atoms with Gasteiger partial charge in [0.1, 0.15) is 5.82 Å². The Kier molecular flexibility index (Phi) is 4.61. The monoisotopic (exact) mass is 373 g/mol. The maximum absolute atomic E-state index is 13.1. The normalized spacial score (nSPS) is 17.0. The van der Waals surface area contributed by atoms with Gasteiger partial charge in [-0.2, -0.15) is 13.2 Å². The van der Waals surface area contributed by atoms with Gasteiger partial charge in [-0.05, 0) is 37.1 Å². The van der Waals surface area contributed by atoms with Gasteiger partial charge < -0.3 is 0 Å². The van der Waals surface area contributed by atoms with Crippen LogP contribution in [0.25, 0.3) is 5.69 Å². The number of hydrogen-bond donors (Lipinski definition) is 0. The summed E-state index contributed by atoms with van der Waals surface area (Å²) < 4.78 is 63.5. The summed E-state index contributed by atoms with van der Waals surface area (Å²) in [6.07, 6.45) is 0.973. The zero-order valence-corrected chi connectivity index (χ0v) is 14.4. The number of halogens is 3. The summed E-state index contributed by atoms with van der Waals surface area (Å²) in [5.74, 6) is -0.952. The van der Waals surface area contributed by atoms with Crippen molar-refractivity contribution in [2.75, 3.05) is 6.26 Å². The van der Waals surface area contributed by atoms with Crippen LogP contribution in [-0.2, 0) is 16.0 Å². The second kappa shape index (κ2) is 6.44. The molecule has 0 N–H and O–H groups in total. The van der Waals surface area contributed by atoms with Gasteiger partial charge in [0.25, 0.3) is 5.82 Å². The van der Waals surface area contributed by atoms with Crippen LogP contribution in [0.15, 0.2) is 29.2 Å². The van der Waals surface area contributed by atoms with Crippen LogP contribution in [0.2, 0.25) is 0 Å². The number of alkyl halides is 3. The summed E-state index contributed by atoms with van der Waals surface area (Å²) in [5, 5.41) is 3.65. The Labute approximate surface area is 143 Å². The molecule has 0 spiro atoms. The molecule has 2 aromatic rings. The Morgan fingerprint density at radius 3 is 2.20 bits per heavy atom. The maximum Gasteiger partial charge on any atom is 0.453 e. The van der Waals surface area contributed by atoms with Crippen LogP contribution >= 0.6 is 0 Å². The fourth-order valence-corrected chi connectivity index (χ4v) is 3.72. The van der Waals surface area contributed by atoms with E-state index in [1.807, 2.05) is 0 Å². The smallest absolute Gasteiger partial charge is 0.224 e. The summed E-state index contributed by atoms with van der Waals surface area (Å²) in [4.78, 5) is 3.86. The van der Waals surface area contributed by atoms with Gasteiger partial charge in [-0.15, -0.1) is 5.10 Å². The van der Waals surface area contributed by atoms with Crippen LogP contribution in [0.4, 0.5) is 13.2 Å². The van der Waals surface area contributed by atoms with Crippen LogP contribution in [-0.4, -0.2) is 29.4 Å². The van der Waals surface area contributed by atoms with Gasteiger partial charge in [0.15, 0.2) is 9.84 Å². The third-order valence-electron chi connectivity index (χ3n) is 4.37. The molecule has 1 heterocycles. The zero-order valence-electron chi connectivity index (χ0n) is 13.6. The SMILES string of the molecule is CS(=O)(=O)c1ccc(-n2nc(C(F)(F)F)nc2C2CCCCC2)cc1. The summed E-state index contributed by atoms with van der Waals surface area (Å²) >= 11 is 0. The molecule has 136 valence electrons. The van der Waals surface area contributed by atoms with Crippen molar-refractivity contribution >= 4 is 9.84 Å². The van der Waals surface area contributed by atoms with E-state index in [9.17, 15) is 21.6 Å². The highest BCUT2D eigenvalue weighted by molar-refractivity contribution is 7.90. The van der Waals surface area contributed by atoms with E-state index in [1.165, 1.54) is 28.9 Å². The second-order valence-electron chi connectivity index (χ2n) is 6.30. The molecule has 0 saturated heterocycles. The molecular formula is C16H18F3N3O2S. The average molecular weight is 373 g/mol. The highest BCUT2D eigenvalue weighted by Gasteiger charge is 2.38. The molecule has 0 radical (unpaired) electrons. The van der Waals surface area contributed by atoms with Gasteiger partial charge in [-0.1, -0.05) is 19.3 Å². The Hall–Kier alpha value is -1.90. The highest BCUT2D eigenvalue weighted by atomic mass is 32.2. The van der Waals surface area contributed by atoms with Crippen molar-refractivity contribution in [2.45, 2.75) is 49.1 Å². The van der Waals surface area contributed by atoms with Gasteiger partial charge in [0, 0.05) is 12.2 Å². The molecule has 1 aromatic carbocycles. The molecule has 1 aliphatic rings. The Bertz CT molecular complexity index is 852. The van der Waals surface area contributed by atoms with Crippen LogP contribution in [0, 0.1) is 0 Å². The minimum absolute atomic E-state index is 0.0769. The zero-order chi connectivity index (χ0) is 18.2. The molecule has 0 amide bonds. The molecule has 0 unspecified atom stereocenters. The summed E-state index contributed by atoms with van der Waals surface area (Å²) in [5.41, 5.74) is 0.371. The minimum Gasteiger partial charge on any atom is -0.224 e. The van der Waals surface area contributed by atoms with Crippen molar-refractivity contribution in [3.05, 3.63) is 35.9 Å². The van der Waals surface area contributed by atoms with Gasteiger partial charge in [-0.25, -0.2) is 18.1 Å². The summed E-state index contributed by atoms with van der Waals surface area (Å²) in [6.45, 7) is 0. The van der Waals surface area contributed by atoms with Crippen LogP contribution in [0.1, 0.15) is 49.7 Å². The summed E-state index contributed by atoms with van der Waals surface area (Å²) in [6, 6.07) is 5.64. The topological polar surface area (TPSA) is 64.8 Å². The van der Waals surface area contributed by atoms with E-state index in [1.54, 1.807) is 0 Å². The van der Waals surface area contributed by atoms with E-state index in [2.05, 4.69) is 10.1 Å². The first kappa shape index (κ1) is 17.9.